The SMILES string of the molecule is CSCCC(N)(OS(=O)(=O)OC(N)(CCSC)C(=O)O)C(=O)O. The smallest absolute Gasteiger partial charge is 0.404 e. The summed E-state index contributed by atoms with van der Waals surface area (Å²) < 4.78 is 32.5. The van der Waals surface area contributed by atoms with Gasteiger partial charge in [0.15, 0.2) is 0 Å². The normalized spacial score (nSPS) is 17.2. The highest BCUT2D eigenvalue weighted by molar-refractivity contribution is 7.98. The van der Waals surface area contributed by atoms with Crippen LogP contribution in [0.1, 0.15) is 12.8 Å². The molecule has 13 heteroatoms. The van der Waals surface area contributed by atoms with Crippen LogP contribution in [0.5, 0.6) is 0 Å². The number of hydrogen-bond donors (Lipinski definition) is 4. The highest BCUT2D eigenvalue weighted by Gasteiger charge is 2.46. The van der Waals surface area contributed by atoms with Crippen LogP contribution in [0.2, 0.25) is 0 Å². The van der Waals surface area contributed by atoms with Crippen molar-refractivity contribution < 1.29 is 36.6 Å². The minimum Gasteiger partial charge on any atom is -0.478 e. The van der Waals surface area contributed by atoms with E-state index in [4.69, 9.17) is 21.7 Å². The molecule has 0 saturated heterocycles. The zero-order valence-corrected chi connectivity index (χ0v) is 15.0. The maximum atomic E-state index is 11.9. The van der Waals surface area contributed by atoms with Gasteiger partial charge in [0, 0.05) is 12.8 Å². The van der Waals surface area contributed by atoms with Gasteiger partial charge in [-0.1, -0.05) is 0 Å². The van der Waals surface area contributed by atoms with Gasteiger partial charge in [0.1, 0.15) is 0 Å². The lowest BCUT2D eigenvalue weighted by Crippen LogP contribution is -2.56. The fourth-order valence-electron chi connectivity index (χ4n) is 1.26. The van der Waals surface area contributed by atoms with Crippen LogP contribution < -0.4 is 11.5 Å². The molecule has 0 amide bonds. The number of aliphatic carboxylic acids is 2. The fourth-order valence-corrected chi connectivity index (χ4v) is 3.34. The van der Waals surface area contributed by atoms with E-state index in [1.54, 1.807) is 12.5 Å². The molecule has 2 unspecified atom stereocenters. The number of carboxylic acids is 2. The molecule has 0 spiro atoms. The summed E-state index contributed by atoms with van der Waals surface area (Å²) >= 11 is 2.44. The Bertz CT molecular complexity index is 488. The van der Waals surface area contributed by atoms with E-state index in [-0.39, 0.29) is 24.3 Å². The first-order valence-electron chi connectivity index (χ1n) is 6.11. The molecule has 136 valence electrons. The van der Waals surface area contributed by atoms with Crippen molar-refractivity contribution in [1.29, 1.82) is 0 Å². The largest absolute Gasteiger partial charge is 0.478 e. The summed E-state index contributed by atoms with van der Waals surface area (Å²) in [6.07, 6.45) is 2.62. The molecule has 0 heterocycles. The predicted octanol–water partition coefficient (Wildman–Crippen LogP) is -0.750. The molecule has 10 nitrogen and oxygen atoms in total. The number of carboxylic acid groups (broad SMARTS) is 2. The van der Waals surface area contributed by atoms with Crippen molar-refractivity contribution in [3.63, 3.8) is 0 Å². The molecular formula is C10H20N2O8S3. The molecule has 0 radical (unpaired) electrons. The van der Waals surface area contributed by atoms with Crippen molar-refractivity contribution in [3.05, 3.63) is 0 Å². The number of carbonyl (C=O) groups is 2. The van der Waals surface area contributed by atoms with Gasteiger partial charge in [-0.2, -0.15) is 31.9 Å². The van der Waals surface area contributed by atoms with Gasteiger partial charge in [-0.05, 0) is 24.0 Å². The van der Waals surface area contributed by atoms with E-state index in [0.29, 0.717) is 0 Å². The molecule has 2 atom stereocenters. The molecule has 0 fully saturated rings. The molecule has 0 bridgehead atoms. The molecule has 0 rings (SSSR count). The molecule has 0 aromatic carbocycles. The first-order valence-corrected chi connectivity index (χ1v) is 10.2. The second-order valence-electron chi connectivity index (χ2n) is 4.45. The van der Waals surface area contributed by atoms with Gasteiger partial charge in [-0.3, -0.25) is 11.5 Å². The van der Waals surface area contributed by atoms with Gasteiger partial charge in [0.2, 0.25) is 11.4 Å². The Labute approximate surface area is 142 Å². The van der Waals surface area contributed by atoms with Gasteiger partial charge in [0.05, 0.1) is 0 Å². The number of thioether (sulfide) groups is 2. The molecule has 0 aromatic rings. The summed E-state index contributed by atoms with van der Waals surface area (Å²) in [6, 6.07) is 0. The standard InChI is InChI=1S/C10H20N2O8S3/c1-21-5-3-9(11,7(13)14)19-23(17,18)20-10(12,8(15)16)4-6-22-2/h3-6,11-12H2,1-2H3,(H,13,14)(H,15,16). The van der Waals surface area contributed by atoms with Crippen LogP contribution in [0.25, 0.3) is 0 Å². The van der Waals surface area contributed by atoms with Gasteiger partial charge < -0.3 is 10.2 Å². The summed E-state index contributed by atoms with van der Waals surface area (Å²) in [5.41, 5.74) is 5.68. The fraction of sp³-hybridized carbons (Fsp3) is 0.800. The second kappa shape index (κ2) is 9.05. The summed E-state index contributed by atoms with van der Waals surface area (Å²) in [4.78, 5) is 22.3. The van der Waals surface area contributed by atoms with E-state index in [9.17, 15) is 18.0 Å². The molecule has 0 aliphatic carbocycles. The van der Waals surface area contributed by atoms with Crippen LogP contribution in [0.3, 0.4) is 0 Å². The van der Waals surface area contributed by atoms with Crippen molar-refractivity contribution in [2.24, 2.45) is 11.5 Å². The second-order valence-corrected chi connectivity index (χ2v) is 7.57. The highest BCUT2D eigenvalue weighted by Crippen LogP contribution is 2.22. The van der Waals surface area contributed by atoms with Gasteiger partial charge in [-0.15, -0.1) is 0 Å². The number of nitrogens with two attached hydrogens (primary N) is 2. The van der Waals surface area contributed by atoms with E-state index in [0.717, 1.165) is 0 Å². The Kier molecular flexibility index (Phi) is 8.83. The van der Waals surface area contributed by atoms with Gasteiger partial charge in [-0.25, -0.2) is 18.0 Å². The monoisotopic (exact) mass is 392 g/mol. The van der Waals surface area contributed by atoms with Crippen molar-refractivity contribution >= 4 is 45.9 Å². The maximum absolute atomic E-state index is 11.9. The van der Waals surface area contributed by atoms with Crippen molar-refractivity contribution in [1.82, 2.24) is 0 Å². The first-order chi connectivity index (χ1) is 10.4. The van der Waals surface area contributed by atoms with Crippen LogP contribution in [0.4, 0.5) is 0 Å². The first kappa shape index (κ1) is 22.4. The average Bonchev–Trinajstić information content (AvgIpc) is 2.41. The number of hydrogen-bond acceptors (Lipinski definition) is 10. The Morgan fingerprint density at radius 1 is 0.957 bits per heavy atom. The summed E-state index contributed by atoms with van der Waals surface area (Å²) in [5.74, 6) is -3.09. The Morgan fingerprint density at radius 3 is 1.48 bits per heavy atom. The molecule has 0 aliphatic heterocycles. The van der Waals surface area contributed by atoms with Crippen LogP contribution in [0, 0.1) is 0 Å². The van der Waals surface area contributed by atoms with E-state index < -0.39 is 33.8 Å². The number of rotatable bonds is 12. The molecule has 23 heavy (non-hydrogen) atoms. The average molecular weight is 392 g/mol. The lowest BCUT2D eigenvalue weighted by molar-refractivity contribution is -0.159. The van der Waals surface area contributed by atoms with Crippen LogP contribution in [0.15, 0.2) is 0 Å². The third kappa shape index (κ3) is 7.24. The maximum Gasteiger partial charge on any atom is 0.404 e. The summed E-state index contributed by atoms with van der Waals surface area (Å²) in [5, 5.41) is 18.1. The lowest BCUT2D eigenvalue weighted by Gasteiger charge is -2.27. The molecule has 0 aliphatic rings. The van der Waals surface area contributed by atoms with Crippen molar-refractivity contribution in [2.75, 3.05) is 24.0 Å². The summed E-state index contributed by atoms with van der Waals surface area (Å²) in [6.45, 7) is 0. The predicted molar refractivity (Wildman–Crippen MR) is 86.2 cm³/mol. The van der Waals surface area contributed by atoms with Crippen LogP contribution >= 0.6 is 23.5 Å². The minimum absolute atomic E-state index is 0.192. The zero-order valence-electron chi connectivity index (χ0n) is 12.6. The Morgan fingerprint density at radius 2 is 1.26 bits per heavy atom. The highest BCUT2D eigenvalue weighted by atomic mass is 32.3. The summed E-state index contributed by atoms with van der Waals surface area (Å²) in [7, 11) is -5.08. The van der Waals surface area contributed by atoms with Gasteiger partial charge >= 0.3 is 22.3 Å². The van der Waals surface area contributed by atoms with E-state index >= 15 is 0 Å². The Balaban J connectivity index is 5.29. The zero-order chi connectivity index (χ0) is 18.3. The van der Waals surface area contributed by atoms with Gasteiger partial charge in [0.25, 0.3) is 0 Å². The topological polar surface area (TPSA) is 179 Å². The van der Waals surface area contributed by atoms with E-state index in [1.807, 2.05) is 0 Å². The lowest BCUT2D eigenvalue weighted by atomic mass is 10.2. The molecule has 0 saturated carbocycles. The van der Waals surface area contributed by atoms with Crippen molar-refractivity contribution in [3.8, 4) is 0 Å². The third-order valence-electron chi connectivity index (χ3n) is 2.58. The molecule has 6 N–H and O–H groups in total. The molecule has 0 aromatic heterocycles. The Hall–Kier alpha value is -0.570. The van der Waals surface area contributed by atoms with E-state index in [2.05, 4.69) is 8.37 Å². The van der Waals surface area contributed by atoms with Crippen molar-refractivity contribution in [2.45, 2.75) is 24.3 Å². The quantitative estimate of drug-likeness (QED) is 0.306. The third-order valence-corrected chi connectivity index (χ3v) is 4.81. The minimum atomic E-state index is -5.08. The molecular weight excluding hydrogens is 372 g/mol. The van der Waals surface area contributed by atoms with Crippen LogP contribution in [-0.2, 0) is 28.4 Å². The van der Waals surface area contributed by atoms with Crippen LogP contribution in [-0.4, -0.2) is 66.0 Å². The van der Waals surface area contributed by atoms with E-state index in [1.165, 1.54) is 23.5 Å².